The Morgan fingerprint density at radius 3 is 2.77 bits per heavy atom. The molecule has 0 aliphatic carbocycles. The molecule has 3 rings (SSSR count). The number of amides is 1. The zero-order chi connectivity index (χ0) is 15.5. The first-order valence-corrected chi connectivity index (χ1v) is 8.93. The van der Waals surface area contributed by atoms with Crippen LogP contribution < -0.4 is 5.32 Å². The second kappa shape index (κ2) is 6.66. The largest absolute Gasteiger partial charge is 0.345 e. The van der Waals surface area contributed by atoms with E-state index in [2.05, 4.69) is 15.3 Å². The summed E-state index contributed by atoms with van der Waals surface area (Å²) >= 11 is 2.63. The number of carbonyl (C=O) groups excluding carboxylic acids is 2. The highest BCUT2D eigenvalue weighted by molar-refractivity contribution is 8.14. The minimum Gasteiger partial charge on any atom is -0.345 e. The molecule has 0 bridgehead atoms. The van der Waals surface area contributed by atoms with Crippen molar-refractivity contribution in [1.29, 1.82) is 0 Å². The number of hydrogen-bond donors (Lipinski definition) is 1. The Hall–Kier alpha value is -1.60. The summed E-state index contributed by atoms with van der Waals surface area (Å²) in [5.74, 6) is 0.884. The quantitative estimate of drug-likeness (QED) is 0.865. The summed E-state index contributed by atoms with van der Waals surface area (Å²) in [6.07, 6.45) is 0.717. The van der Waals surface area contributed by atoms with E-state index in [-0.39, 0.29) is 22.8 Å². The molecule has 0 spiro atoms. The number of carbonyl (C=O) groups is 2. The van der Waals surface area contributed by atoms with Crippen molar-refractivity contribution in [3.63, 3.8) is 0 Å². The van der Waals surface area contributed by atoms with Gasteiger partial charge in [0.15, 0.2) is 0 Å². The summed E-state index contributed by atoms with van der Waals surface area (Å²) in [6.45, 7) is 1.89. The summed E-state index contributed by atoms with van der Waals surface area (Å²) in [5, 5.41) is 3.58. The number of rotatable bonds is 4. The van der Waals surface area contributed by atoms with Gasteiger partial charge in [-0.15, -0.1) is 0 Å². The van der Waals surface area contributed by atoms with Gasteiger partial charge in [-0.25, -0.2) is 9.97 Å². The van der Waals surface area contributed by atoms with Gasteiger partial charge in [-0.2, -0.15) is 0 Å². The van der Waals surface area contributed by atoms with Crippen LogP contribution in [0.2, 0.25) is 0 Å². The number of hydrogen-bond acceptors (Lipinski definition) is 6. The monoisotopic (exact) mass is 333 g/mol. The van der Waals surface area contributed by atoms with Crippen LogP contribution in [-0.2, 0) is 9.59 Å². The number of fused-ring (bicyclic) bond motifs is 1. The third-order valence-corrected chi connectivity index (χ3v) is 5.39. The topological polar surface area (TPSA) is 72.0 Å². The number of nitrogens with one attached hydrogen (secondary N) is 1. The molecule has 2 heterocycles. The van der Waals surface area contributed by atoms with E-state index < -0.39 is 0 Å². The van der Waals surface area contributed by atoms with Crippen molar-refractivity contribution in [2.24, 2.45) is 0 Å². The fourth-order valence-electron chi connectivity index (χ4n) is 2.21. The predicted octanol–water partition coefficient (Wildman–Crippen LogP) is 2.18. The molecule has 1 aromatic heterocycles. The molecule has 1 aliphatic rings. The van der Waals surface area contributed by atoms with Crippen molar-refractivity contribution in [1.82, 2.24) is 15.3 Å². The Morgan fingerprint density at radius 2 is 2.09 bits per heavy atom. The van der Waals surface area contributed by atoms with Crippen LogP contribution in [0.25, 0.3) is 11.0 Å². The van der Waals surface area contributed by atoms with Crippen LogP contribution in [0.3, 0.4) is 0 Å². The lowest BCUT2D eigenvalue weighted by atomic mass is 10.2. The van der Waals surface area contributed by atoms with E-state index >= 15 is 0 Å². The van der Waals surface area contributed by atoms with Crippen molar-refractivity contribution in [3.05, 3.63) is 30.0 Å². The Balaban J connectivity index is 1.64. The molecule has 22 heavy (non-hydrogen) atoms. The normalized spacial score (nSPS) is 17.9. The minimum atomic E-state index is -0.332. The Bertz CT molecular complexity index is 736. The standard InChI is InChI=1S/C15H15N3O2S2/c1-9-14(18-11-5-3-2-4-10(11)16-9)22-8-13(19)17-12-6-7-21-15(12)20/h2-5,12H,6-8H2,1H3,(H,17,19)/t12-/m1/s1. The highest BCUT2D eigenvalue weighted by Gasteiger charge is 2.26. The molecule has 1 atom stereocenters. The van der Waals surface area contributed by atoms with Gasteiger partial charge in [0.25, 0.3) is 0 Å². The fourth-order valence-corrected chi connectivity index (χ4v) is 3.91. The molecule has 7 heteroatoms. The van der Waals surface area contributed by atoms with E-state index in [4.69, 9.17) is 0 Å². The number of thioether (sulfide) groups is 2. The van der Waals surface area contributed by atoms with Crippen molar-refractivity contribution in [3.8, 4) is 0 Å². The molecule has 1 aliphatic heterocycles. The Kier molecular flexibility index (Phi) is 4.63. The third-order valence-electron chi connectivity index (χ3n) is 3.31. The molecular weight excluding hydrogens is 318 g/mol. The molecule has 1 saturated heterocycles. The van der Waals surface area contributed by atoms with Gasteiger partial charge < -0.3 is 5.32 Å². The molecular formula is C15H15N3O2S2. The maximum atomic E-state index is 12.0. The molecule has 0 saturated carbocycles. The smallest absolute Gasteiger partial charge is 0.231 e. The molecule has 0 radical (unpaired) electrons. The maximum absolute atomic E-state index is 12.0. The summed E-state index contributed by atoms with van der Waals surface area (Å²) < 4.78 is 0. The summed E-state index contributed by atoms with van der Waals surface area (Å²) in [7, 11) is 0. The van der Waals surface area contributed by atoms with E-state index in [0.29, 0.717) is 6.42 Å². The van der Waals surface area contributed by atoms with Gasteiger partial charge in [0.1, 0.15) is 5.03 Å². The van der Waals surface area contributed by atoms with Gasteiger partial charge in [-0.3, -0.25) is 9.59 Å². The van der Waals surface area contributed by atoms with Crippen LogP contribution in [0.4, 0.5) is 0 Å². The zero-order valence-electron chi connectivity index (χ0n) is 12.0. The first-order valence-electron chi connectivity index (χ1n) is 6.95. The van der Waals surface area contributed by atoms with Crippen LogP contribution in [0.1, 0.15) is 12.1 Å². The third kappa shape index (κ3) is 3.41. The van der Waals surface area contributed by atoms with Crippen molar-refractivity contribution in [2.45, 2.75) is 24.4 Å². The lowest BCUT2D eigenvalue weighted by molar-refractivity contribution is -0.122. The van der Waals surface area contributed by atoms with E-state index in [1.807, 2.05) is 31.2 Å². The molecule has 2 aromatic rings. The number of nitrogens with zero attached hydrogens (tertiary/aromatic N) is 2. The Labute approximate surface area is 136 Å². The Morgan fingerprint density at radius 1 is 1.36 bits per heavy atom. The second-order valence-electron chi connectivity index (χ2n) is 4.97. The molecule has 1 N–H and O–H groups in total. The van der Waals surface area contributed by atoms with Crippen LogP contribution in [-0.4, -0.2) is 38.5 Å². The van der Waals surface area contributed by atoms with Crippen molar-refractivity contribution >= 4 is 45.6 Å². The molecule has 5 nitrogen and oxygen atoms in total. The number of benzene rings is 1. The first kappa shape index (κ1) is 15.3. The van der Waals surface area contributed by atoms with Gasteiger partial charge in [0, 0.05) is 5.75 Å². The number of aryl methyl sites for hydroxylation is 1. The van der Waals surface area contributed by atoms with Crippen LogP contribution in [0.5, 0.6) is 0 Å². The van der Waals surface area contributed by atoms with Gasteiger partial charge in [0.05, 0.1) is 28.5 Å². The molecule has 1 amide bonds. The molecule has 114 valence electrons. The summed E-state index contributed by atoms with van der Waals surface area (Å²) in [5.41, 5.74) is 2.48. The van der Waals surface area contributed by atoms with Crippen molar-refractivity contribution < 1.29 is 9.59 Å². The average molecular weight is 333 g/mol. The second-order valence-corrected chi connectivity index (χ2v) is 7.03. The van der Waals surface area contributed by atoms with E-state index in [0.717, 1.165) is 27.5 Å². The minimum absolute atomic E-state index is 0.0556. The summed E-state index contributed by atoms with van der Waals surface area (Å²) in [4.78, 5) is 32.5. The lowest BCUT2D eigenvalue weighted by Gasteiger charge is -2.10. The zero-order valence-corrected chi connectivity index (χ0v) is 13.7. The maximum Gasteiger partial charge on any atom is 0.231 e. The average Bonchev–Trinajstić information content (AvgIpc) is 2.90. The van der Waals surface area contributed by atoms with Crippen LogP contribution in [0.15, 0.2) is 29.3 Å². The van der Waals surface area contributed by atoms with Gasteiger partial charge in [0.2, 0.25) is 11.0 Å². The highest BCUT2D eigenvalue weighted by Crippen LogP contribution is 2.23. The highest BCUT2D eigenvalue weighted by atomic mass is 32.2. The van der Waals surface area contributed by atoms with Crippen LogP contribution >= 0.6 is 23.5 Å². The van der Waals surface area contributed by atoms with E-state index in [1.165, 1.54) is 23.5 Å². The summed E-state index contributed by atoms with van der Waals surface area (Å²) in [6, 6.07) is 7.33. The lowest BCUT2D eigenvalue weighted by Crippen LogP contribution is -2.38. The van der Waals surface area contributed by atoms with Gasteiger partial charge in [-0.05, 0) is 25.5 Å². The van der Waals surface area contributed by atoms with Gasteiger partial charge >= 0.3 is 0 Å². The predicted molar refractivity (Wildman–Crippen MR) is 89.0 cm³/mol. The van der Waals surface area contributed by atoms with Gasteiger partial charge in [-0.1, -0.05) is 35.7 Å². The molecule has 1 aromatic carbocycles. The SMILES string of the molecule is Cc1nc2ccccc2nc1SCC(=O)N[C@@H]1CCSC1=O. The van der Waals surface area contributed by atoms with Crippen LogP contribution in [0, 0.1) is 6.92 Å². The number of para-hydroxylation sites is 2. The molecule has 0 unspecified atom stereocenters. The fraction of sp³-hybridized carbons (Fsp3) is 0.333. The molecule has 1 fully saturated rings. The first-order chi connectivity index (χ1) is 10.6. The van der Waals surface area contributed by atoms with Crippen molar-refractivity contribution in [2.75, 3.05) is 11.5 Å². The van der Waals surface area contributed by atoms with E-state index in [9.17, 15) is 9.59 Å². The van der Waals surface area contributed by atoms with E-state index in [1.54, 1.807) is 0 Å². The number of aromatic nitrogens is 2.